The van der Waals surface area contributed by atoms with Gasteiger partial charge in [0.1, 0.15) is 17.8 Å². The minimum Gasteiger partial charge on any atom is -0.461 e. The summed E-state index contributed by atoms with van der Waals surface area (Å²) in [5.74, 6) is -2.57. The monoisotopic (exact) mass is 466 g/mol. The number of ether oxygens (including phenoxy) is 2. The summed E-state index contributed by atoms with van der Waals surface area (Å²) < 4.78 is 11.6. The van der Waals surface area contributed by atoms with E-state index in [4.69, 9.17) is 9.47 Å². The van der Waals surface area contributed by atoms with E-state index in [-0.39, 0.29) is 19.3 Å². The van der Waals surface area contributed by atoms with Crippen LogP contribution in [-0.4, -0.2) is 68.0 Å². The van der Waals surface area contributed by atoms with Crippen molar-refractivity contribution in [3.8, 4) is 0 Å². The fourth-order valence-corrected chi connectivity index (χ4v) is 7.89. The van der Waals surface area contributed by atoms with E-state index in [0.717, 1.165) is 0 Å². The topological polar surface area (TPSA) is 134 Å². The summed E-state index contributed by atoms with van der Waals surface area (Å²) in [7, 11) is 0. The average Bonchev–Trinajstić information content (AvgIpc) is 2.96. The molecule has 4 rings (SSSR count). The number of aliphatic hydroxyl groups excluding tert-OH is 2. The normalized spacial score (nSPS) is 50.2. The molecule has 2 bridgehead atoms. The fraction of sp³-hybridized carbons (Fsp3) is 0.840. The van der Waals surface area contributed by atoms with E-state index in [2.05, 4.69) is 6.58 Å². The standard InChI is InChI=1S/C25H38O8/c1-7-18(28)33-21-19(29)24-11-23(6,30)15(20(24)32-13(3)26)9-8-14(24)12(2)16-10-17(27)22(4,5)25(16,21)31/h14-17,19-21,27,29-31H,2,7-11H2,1,3-6H3. The van der Waals surface area contributed by atoms with Gasteiger partial charge in [0.05, 0.1) is 11.7 Å². The summed E-state index contributed by atoms with van der Waals surface area (Å²) in [4.78, 5) is 24.7. The minimum atomic E-state index is -1.80. The van der Waals surface area contributed by atoms with Gasteiger partial charge in [-0.05, 0) is 38.5 Å². The van der Waals surface area contributed by atoms with Crippen molar-refractivity contribution in [1.82, 2.24) is 0 Å². The number of hydrogen-bond donors (Lipinski definition) is 4. The van der Waals surface area contributed by atoms with Crippen molar-refractivity contribution in [1.29, 1.82) is 0 Å². The van der Waals surface area contributed by atoms with E-state index in [1.54, 1.807) is 27.7 Å². The first-order valence-corrected chi connectivity index (χ1v) is 12.0. The second-order valence-electron chi connectivity index (χ2n) is 11.5. The lowest BCUT2D eigenvalue weighted by molar-refractivity contribution is -0.236. The molecule has 10 atom stereocenters. The van der Waals surface area contributed by atoms with Crippen LogP contribution in [-0.2, 0) is 19.1 Å². The predicted octanol–water partition coefficient (Wildman–Crippen LogP) is 1.48. The Morgan fingerprint density at radius 3 is 2.27 bits per heavy atom. The number of carbonyl (C=O) groups excluding carboxylic acids is 2. The lowest BCUT2D eigenvalue weighted by Crippen LogP contribution is -2.65. The summed E-state index contributed by atoms with van der Waals surface area (Å²) in [6.45, 7) is 12.3. The van der Waals surface area contributed by atoms with Gasteiger partial charge in [-0.15, -0.1) is 0 Å². The number of fused-ring (bicyclic) bond motifs is 2. The molecule has 4 aliphatic carbocycles. The van der Waals surface area contributed by atoms with Gasteiger partial charge in [0.15, 0.2) is 6.10 Å². The zero-order valence-corrected chi connectivity index (χ0v) is 20.2. The first-order chi connectivity index (χ1) is 15.2. The van der Waals surface area contributed by atoms with Crippen LogP contribution >= 0.6 is 0 Å². The van der Waals surface area contributed by atoms with Crippen LogP contribution in [0.15, 0.2) is 12.2 Å². The molecule has 33 heavy (non-hydrogen) atoms. The molecule has 0 saturated heterocycles. The first-order valence-electron chi connectivity index (χ1n) is 12.0. The lowest BCUT2D eigenvalue weighted by Gasteiger charge is -2.51. The molecule has 0 aromatic rings. The molecule has 0 aliphatic heterocycles. The summed E-state index contributed by atoms with van der Waals surface area (Å²) in [5, 5.41) is 46.6. The third-order valence-electron chi connectivity index (χ3n) is 9.63. The Morgan fingerprint density at radius 2 is 1.70 bits per heavy atom. The molecule has 8 nitrogen and oxygen atoms in total. The van der Waals surface area contributed by atoms with Crippen LogP contribution in [0, 0.1) is 28.6 Å². The van der Waals surface area contributed by atoms with Gasteiger partial charge in [0, 0.05) is 36.0 Å². The Bertz CT molecular complexity index is 864. The van der Waals surface area contributed by atoms with Crippen molar-refractivity contribution < 1.29 is 39.5 Å². The summed E-state index contributed by atoms with van der Waals surface area (Å²) in [5.41, 5.74) is -4.70. The Hall–Kier alpha value is -1.48. The largest absolute Gasteiger partial charge is 0.461 e. The quantitative estimate of drug-likeness (QED) is 0.363. The predicted molar refractivity (Wildman–Crippen MR) is 118 cm³/mol. The Kier molecular flexibility index (Phi) is 5.61. The summed E-state index contributed by atoms with van der Waals surface area (Å²) in [6, 6.07) is 0. The van der Waals surface area contributed by atoms with Gasteiger partial charge in [-0.25, -0.2) is 0 Å². The molecule has 8 heteroatoms. The molecule has 4 aliphatic rings. The van der Waals surface area contributed by atoms with Crippen LogP contribution in [0.5, 0.6) is 0 Å². The number of esters is 2. The van der Waals surface area contributed by atoms with Gasteiger partial charge in [-0.1, -0.05) is 32.9 Å². The van der Waals surface area contributed by atoms with E-state index in [1.165, 1.54) is 6.92 Å². The van der Waals surface area contributed by atoms with Crippen molar-refractivity contribution >= 4 is 11.9 Å². The molecule has 0 radical (unpaired) electrons. The van der Waals surface area contributed by atoms with E-state index >= 15 is 0 Å². The van der Waals surface area contributed by atoms with Gasteiger partial charge < -0.3 is 29.9 Å². The SMILES string of the molecule is C=C1C2CCC3C(OC(C)=O)C2(CC3(C)O)C(O)C(OC(=O)CC)C2(O)C1CC(O)C2(C)C. The van der Waals surface area contributed by atoms with Gasteiger partial charge in [0.2, 0.25) is 0 Å². The van der Waals surface area contributed by atoms with Crippen LogP contribution in [0.4, 0.5) is 0 Å². The molecule has 4 saturated carbocycles. The molecule has 10 unspecified atom stereocenters. The number of rotatable bonds is 3. The lowest BCUT2D eigenvalue weighted by atomic mass is 9.59. The zero-order valence-electron chi connectivity index (χ0n) is 20.2. The maximum Gasteiger partial charge on any atom is 0.305 e. The molecule has 186 valence electrons. The number of aliphatic hydroxyl groups is 4. The van der Waals surface area contributed by atoms with Crippen LogP contribution in [0.1, 0.15) is 66.7 Å². The second kappa shape index (κ2) is 7.51. The number of hydrogen-bond acceptors (Lipinski definition) is 8. The van der Waals surface area contributed by atoms with Gasteiger partial charge in [-0.2, -0.15) is 0 Å². The van der Waals surface area contributed by atoms with Crippen molar-refractivity contribution in [3.63, 3.8) is 0 Å². The molecule has 0 amide bonds. The third-order valence-corrected chi connectivity index (χ3v) is 9.63. The van der Waals surface area contributed by atoms with Gasteiger partial charge in [0.25, 0.3) is 0 Å². The molecule has 0 heterocycles. The molecular formula is C25H38O8. The van der Waals surface area contributed by atoms with Crippen LogP contribution < -0.4 is 0 Å². The van der Waals surface area contributed by atoms with Gasteiger partial charge in [-0.3, -0.25) is 9.59 Å². The Balaban J connectivity index is 1.96. The van der Waals surface area contributed by atoms with Gasteiger partial charge >= 0.3 is 11.9 Å². The molecule has 0 aromatic carbocycles. The first kappa shape index (κ1) is 24.6. The Morgan fingerprint density at radius 1 is 1.06 bits per heavy atom. The highest BCUT2D eigenvalue weighted by Crippen LogP contribution is 2.69. The fourth-order valence-electron chi connectivity index (χ4n) is 7.89. The molecule has 1 spiro atoms. The number of carbonyl (C=O) groups is 2. The molecular weight excluding hydrogens is 428 g/mol. The maximum atomic E-state index is 12.5. The van der Waals surface area contributed by atoms with E-state index < -0.39 is 76.1 Å². The summed E-state index contributed by atoms with van der Waals surface area (Å²) >= 11 is 0. The highest BCUT2D eigenvalue weighted by Gasteiger charge is 2.77. The highest BCUT2D eigenvalue weighted by atomic mass is 16.6. The molecule has 0 aromatic heterocycles. The molecule has 4 N–H and O–H groups in total. The van der Waals surface area contributed by atoms with Crippen molar-refractivity contribution in [3.05, 3.63) is 12.2 Å². The summed E-state index contributed by atoms with van der Waals surface area (Å²) in [6.07, 6.45) is -3.08. The third kappa shape index (κ3) is 3.03. The highest BCUT2D eigenvalue weighted by molar-refractivity contribution is 5.69. The van der Waals surface area contributed by atoms with Crippen molar-refractivity contribution in [2.45, 2.75) is 102 Å². The van der Waals surface area contributed by atoms with Crippen LogP contribution in [0.3, 0.4) is 0 Å². The minimum absolute atomic E-state index is 0.0397. The molecule has 4 fully saturated rings. The smallest absolute Gasteiger partial charge is 0.305 e. The van der Waals surface area contributed by atoms with E-state index in [9.17, 15) is 30.0 Å². The van der Waals surface area contributed by atoms with E-state index in [0.29, 0.717) is 18.4 Å². The Labute approximate surface area is 195 Å². The van der Waals surface area contributed by atoms with Crippen LogP contribution in [0.2, 0.25) is 0 Å². The van der Waals surface area contributed by atoms with E-state index in [1.807, 2.05) is 0 Å². The average molecular weight is 467 g/mol. The van der Waals surface area contributed by atoms with Crippen molar-refractivity contribution in [2.75, 3.05) is 0 Å². The van der Waals surface area contributed by atoms with Crippen molar-refractivity contribution in [2.24, 2.45) is 28.6 Å². The zero-order chi connectivity index (χ0) is 24.7. The maximum absolute atomic E-state index is 12.5. The second-order valence-corrected chi connectivity index (χ2v) is 11.5. The van der Waals surface area contributed by atoms with Crippen LogP contribution in [0.25, 0.3) is 0 Å².